The first-order valence-corrected chi connectivity index (χ1v) is 12.3. The molecule has 1 unspecified atom stereocenters. The average Bonchev–Trinajstić information content (AvgIpc) is 3.15. The van der Waals surface area contributed by atoms with E-state index in [2.05, 4.69) is 20.7 Å². The number of benzene rings is 3. The lowest BCUT2D eigenvalue weighted by Crippen LogP contribution is -2.45. The number of aliphatic carboxylic acids is 1. The number of hydrogen-bond donors (Lipinski definition) is 2. The predicted molar refractivity (Wildman–Crippen MR) is 121 cm³/mol. The van der Waals surface area contributed by atoms with Crippen LogP contribution in [0.2, 0.25) is 0 Å². The lowest BCUT2D eigenvalue weighted by molar-refractivity contribution is -0.140. The second-order valence-electron chi connectivity index (χ2n) is 8.25. The van der Waals surface area contributed by atoms with Crippen molar-refractivity contribution in [3.8, 4) is 11.1 Å². The lowest BCUT2D eigenvalue weighted by Gasteiger charge is -2.16. The van der Waals surface area contributed by atoms with Crippen molar-refractivity contribution < 1.29 is 18.3 Å². The van der Waals surface area contributed by atoms with Crippen molar-refractivity contribution in [1.82, 2.24) is 4.72 Å². The normalized spacial score (nSPS) is 23.8. The fourth-order valence-electron chi connectivity index (χ4n) is 4.90. The van der Waals surface area contributed by atoms with Crippen LogP contribution in [0.5, 0.6) is 0 Å². The Morgan fingerprint density at radius 2 is 1.68 bits per heavy atom. The van der Waals surface area contributed by atoms with Crippen molar-refractivity contribution >= 4 is 31.9 Å². The van der Waals surface area contributed by atoms with Gasteiger partial charge in [-0.25, -0.2) is 8.42 Å². The quantitative estimate of drug-likeness (QED) is 0.423. The van der Waals surface area contributed by atoms with Gasteiger partial charge in [-0.05, 0) is 64.4 Å². The summed E-state index contributed by atoms with van der Waals surface area (Å²) in [6.45, 7) is 1.77. The lowest BCUT2D eigenvalue weighted by atomic mass is 10.1. The van der Waals surface area contributed by atoms with E-state index in [0.717, 1.165) is 32.3 Å². The number of sulfonamides is 1. The van der Waals surface area contributed by atoms with Crippen molar-refractivity contribution in [2.45, 2.75) is 29.7 Å². The molecule has 0 radical (unpaired) electrons. The minimum Gasteiger partial charge on any atom is -0.480 e. The summed E-state index contributed by atoms with van der Waals surface area (Å²) < 4.78 is 30.0. The summed E-state index contributed by atoms with van der Waals surface area (Å²) in [4.78, 5) is 12.3. The fourth-order valence-corrected chi connectivity index (χ4v) is 6.82. The minimum atomic E-state index is -4.03. The minimum absolute atomic E-state index is 0.0876. The summed E-state index contributed by atoms with van der Waals surface area (Å²) in [5.74, 6) is -1.94. The summed E-state index contributed by atoms with van der Waals surface area (Å²) in [5.41, 5.74) is 3.42. The first-order chi connectivity index (χ1) is 14.7. The zero-order valence-corrected chi connectivity index (χ0v) is 19.1. The Kier molecular flexibility index (Phi) is 4.62. The van der Waals surface area contributed by atoms with Crippen LogP contribution in [-0.4, -0.2) is 25.0 Å². The highest BCUT2D eigenvalue weighted by atomic mass is 79.9. The number of nitrogens with one attached hydrogen (secondary N) is 1. The van der Waals surface area contributed by atoms with E-state index in [4.69, 9.17) is 0 Å². The van der Waals surface area contributed by atoms with E-state index >= 15 is 0 Å². The predicted octanol–water partition coefficient (Wildman–Crippen LogP) is 4.56. The topological polar surface area (TPSA) is 83.5 Å². The number of carboxylic acids is 1. The van der Waals surface area contributed by atoms with Crippen LogP contribution in [0.1, 0.15) is 29.5 Å². The molecule has 2 N–H and O–H groups in total. The van der Waals surface area contributed by atoms with Gasteiger partial charge in [0.05, 0.1) is 4.90 Å². The zero-order chi connectivity index (χ0) is 22.0. The number of hydrogen-bond acceptors (Lipinski definition) is 3. The molecule has 31 heavy (non-hydrogen) atoms. The van der Waals surface area contributed by atoms with Gasteiger partial charge in [0.25, 0.3) is 0 Å². The molecule has 3 aromatic carbocycles. The standard InChI is InChI=1S/C24H20BrNO4S/c1-14-22(15-5-3-2-4-6-15)24(14,23(27)28)26-31(29,30)19-8-10-21-17(13-19)11-16-12-18(25)7-9-20(16)21/h2-10,12-14,22,26H,11H2,1H3,(H,27,28)/t14?,22-,24+/m1/s1. The van der Waals surface area contributed by atoms with Crippen molar-refractivity contribution in [2.75, 3.05) is 0 Å². The molecular formula is C24H20BrNO4S. The van der Waals surface area contributed by atoms with E-state index < -0.39 is 27.4 Å². The summed E-state index contributed by atoms with van der Waals surface area (Å²) in [5, 5.41) is 9.98. The highest BCUT2D eigenvalue weighted by molar-refractivity contribution is 9.10. The molecule has 3 aromatic rings. The van der Waals surface area contributed by atoms with Crippen LogP contribution in [0.3, 0.4) is 0 Å². The third kappa shape index (κ3) is 3.14. The van der Waals surface area contributed by atoms with Crippen molar-refractivity contribution in [1.29, 1.82) is 0 Å². The maximum absolute atomic E-state index is 13.3. The Bertz CT molecular complexity index is 1320. The third-order valence-electron chi connectivity index (χ3n) is 6.54. The van der Waals surface area contributed by atoms with Gasteiger partial charge >= 0.3 is 5.97 Å². The second-order valence-corrected chi connectivity index (χ2v) is 10.9. The van der Waals surface area contributed by atoms with Crippen LogP contribution in [0.15, 0.2) is 76.1 Å². The third-order valence-corrected chi connectivity index (χ3v) is 8.52. The molecule has 1 fully saturated rings. The molecule has 0 aromatic heterocycles. The Hall–Kier alpha value is -2.48. The molecule has 0 aliphatic heterocycles. The van der Waals surface area contributed by atoms with Gasteiger partial charge in [0.1, 0.15) is 5.54 Å². The average molecular weight is 498 g/mol. The molecular weight excluding hydrogens is 478 g/mol. The molecule has 2 aliphatic carbocycles. The summed E-state index contributed by atoms with van der Waals surface area (Å²) in [6.07, 6.45) is 0.639. The fraction of sp³-hybridized carbons (Fsp3) is 0.208. The zero-order valence-electron chi connectivity index (χ0n) is 16.7. The molecule has 2 aliphatic rings. The number of halogens is 1. The first-order valence-electron chi connectivity index (χ1n) is 9.98. The van der Waals surface area contributed by atoms with Crippen LogP contribution in [0.4, 0.5) is 0 Å². The van der Waals surface area contributed by atoms with E-state index in [9.17, 15) is 18.3 Å². The van der Waals surface area contributed by atoms with E-state index in [1.807, 2.05) is 54.6 Å². The number of rotatable bonds is 5. The molecule has 0 bridgehead atoms. The molecule has 0 saturated heterocycles. The van der Waals surface area contributed by atoms with Crippen molar-refractivity contribution in [3.05, 3.63) is 87.9 Å². The summed E-state index contributed by atoms with van der Waals surface area (Å²) >= 11 is 3.48. The van der Waals surface area contributed by atoms with Gasteiger partial charge in [0.2, 0.25) is 10.0 Å². The maximum Gasteiger partial charge on any atom is 0.325 e. The molecule has 3 atom stereocenters. The van der Waals surface area contributed by atoms with E-state index in [-0.39, 0.29) is 10.8 Å². The van der Waals surface area contributed by atoms with Gasteiger partial charge in [-0.15, -0.1) is 0 Å². The highest BCUT2D eigenvalue weighted by Crippen LogP contribution is 2.58. The number of carbonyl (C=O) groups is 1. The summed E-state index contributed by atoms with van der Waals surface area (Å²) in [7, 11) is -4.03. The molecule has 7 heteroatoms. The molecule has 5 nitrogen and oxygen atoms in total. The molecule has 0 heterocycles. The van der Waals surface area contributed by atoms with Gasteiger partial charge in [0.15, 0.2) is 0 Å². The van der Waals surface area contributed by atoms with Gasteiger partial charge in [-0.2, -0.15) is 4.72 Å². The van der Waals surface area contributed by atoms with E-state index in [1.165, 1.54) is 0 Å². The molecule has 5 rings (SSSR count). The van der Waals surface area contributed by atoms with Gasteiger partial charge in [0, 0.05) is 10.4 Å². The van der Waals surface area contributed by atoms with E-state index in [0.29, 0.717) is 6.42 Å². The van der Waals surface area contributed by atoms with Crippen LogP contribution in [0.25, 0.3) is 11.1 Å². The van der Waals surface area contributed by atoms with E-state index in [1.54, 1.807) is 19.1 Å². The number of carboxylic acid groups (broad SMARTS) is 1. The molecule has 0 amide bonds. The van der Waals surface area contributed by atoms with Crippen LogP contribution in [-0.2, 0) is 21.2 Å². The van der Waals surface area contributed by atoms with Crippen LogP contribution >= 0.6 is 15.9 Å². The Morgan fingerprint density at radius 3 is 2.35 bits per heavy atom. The van der Waals surface area contributed by atoms with Crippen LogP contribution < -0.4 is 4.72 Å². The Morgan fingerprint density at radius 1 is 1.03 bits per heavy atom. The first kappa shape index (κ1) is 20.4. The maximum atomic E-state index is 13.3. The highest BCUT2D eigenvalue weighted by Gasteiger charge is 2.70. The smallest absolute Gasteiger partial charge is 0.325 e. The SMILES string of the molecule is CC1[C@H](c2ccccc2)[C@]1(NS(=O)(=O)c1ccc2c(c1)Cc1cc(Br)ccc1-2)C(=O)O. The Labute approximate surface area is 189 Å². The van der Waals surface area contributed by atoms with Gasteiger partial charge < -0.3 is 5.11 Å². The van der Waals surface area contributed by atoms with Crippen LogP contribution in [0, 0.1) is 5.92 Å². The molecule has 1 saturated carbocycles. The van der Waals surface area contributed by atoms with Gasteiger partial charge in [-0.3, -0.25) is 4.79 Å². The largest absolute Gasteiger partial charge is 0.480 e. The monoisotopic (exact) mass is 497 g/mol. The van der Waals surface area contributed by atoms with Crippen molar-refractivity contribution in [2.24, 2.45) is 5.92 Å². The summed E-state index contributed by atoms with van der Waals surface area (Å²) in [6, 6.07) is 20.2. The Balaban J connectivity index is 1.48. The second kappa shape index (κ2) is 7.02. The van der Waals surface area contributed by atoms with Crippen molar-refractivity contribution in [3.63, 3.8) is 0 Å². The van der Waals surface area contributed by atoms with Gasteiger partial charge in [-0.1, -0.05) is 65.3 Å². The molecule has 0 spiro atoms. The number of fused-ring (bicyclic) bond motifs is 3. The molecule has 158 valence electrons.